The molecule has 0 radical (unpaired) electrons. The number of amides is 1. The first-order chi connectivity index (χ1) is 11.7. The third-order valence-corrected chi connectivity index (χ3v) is 4.06. The second-order valence-electron chi connectivity index (χ2n) is 6.15. The predicted molar refractivity (Wildman–Crippen MR) is 111 cm³/mol. The minimum absolute atomic E-state index is 0. The lowest BCUT2D eigenvalue weighted by Crippen LogP contribution is -2.38. The molecule has 1 amide bonds. The van der Waals surface area contributed by atoms with Crippen molar-refractivity contribution in [2.24, 2.45) is 12.0 Å². The van der Waals surface area contributed by atoms with Crippen LogP contribution in [0.15, 0.2) is 17.4 Å². The first-order valence-corrected chi connectivity index (χ1v) is 8.96. The Morgan fingerprint density at radius 3 is 2.84 bits per heavy atom. The number of hydrogen-bond acceptors (Lipinski definition) is 3. The van der Waals surface area contributed by atoms with Gasteiger partial charge in [-0.05, 0) is 38.2 Å². The maximum absolute atomic E-state index is 11.6. The lowest BCUT2D eigenvalue weighted by molar-refractivity contribution is -0.127. The zero-order valence-electron chi connectivity index (χ0n) is 15.3. The van der Waals surface area contributed by atoms with Crippen molar-refractivity contribution >= 4 is 35.8 Å². The number of likely N-dealkylation sites (tertiary alicyclic amines) is 1. The molecule has 25 heavy (non-hydrogen) atoms. The van der Waals surface area contributed by atoms with Crippen LogP contribution in [-0.4, -0.2) is 59.3 Å². The minimum Gasteiger partial charge on any atom is -0.357 e. The quantitative estimate of drug-likeness (QED) is 0.253. The predicted octanol–water partition coefficient (Wildman–Crippen LogP) is 1.54. The number of rotatable bonds is 9. The van der Waals surface area contributed by atoms with Gasteiger partial charge in [0.05, 0.1) is 6.20 Å². The van der Waals surface area contributed by atoms with Crippen molar-refractivity contribution in [2.45, 2.75) is 39.0 Å². The molecule has 1 aliphatic rings. The molecule has 7 nitrogen and oxygen atoms in total. The Bertz CT molecular complexity index is 545. The number of aryl methyl sites for hydroxylation is 2. The largest absolute Gasteiger partial charge is 0.357 e. The van der Waals surface area contributed by atoms with Crippen LogP contribution in [0.1, 0.15) is 38.2 Å². The van der Waals surface area contributed by atoms with Gasteiger partial charge in [0.25, 0.3) is 0 Å². The van der Waals surface area contributed by atoms with E-state index in [9.17, 15) is 4.79 Å². The summed E-state index contributed by atoms with van der Waals surface area (Å²) in [5, 5.41) is 10.8. The van der Waals surface area contributed by atoms with Gasteiger partial charge in [-0.3, -0.25) is 14.5 Å². The summed E-state index contributed by atoms with van der Waals surface area (Å²) in [4.78, 5) is 18.1. The number of nitrogens with one attached hydrogen (secondary N) is 2. The molecule has 0 unspecified atom stereocenters. The lowest BCUT2D eigenvalue weighted by atomic mass is 10.2. The van der Waals surface area contributed by atoms with Crippen molar-refractivity contribution in [3.8, 4) is 0 Å². The summed E-state index contributed by atoms with van der Waals surface area (Å²) in [6.45, 7) is 6.26. The topological polar surface area (TPSA) is 74.6 Å². The Morgan fingerprint density at radius 1 is 1.36 bits per heavy atom. The van der Waals surface area contributed by atoms with Crippen LogP contribution in [0.5, 0.6) is 0 Å². The van der Waals surface area contributed by atoms with Gasteiger partial charge in [0.1, 0.15) is 0 Å². The highest BCUT2D eigenvalue weighted by Crippen LogP contribution is 2.09. The first kappa shape index (κ1) is 21.7. The Labute approximate surface area is 167 Å². The normalized spacial score (nSPS) is 14.6. The van der Waals surface area contributed by atoms with Crippen molar-refractivity contribution in [3.05, 3.63) is 18.0 Å². The Kier molecular flexibility index (Phi) is 10.5. The molecule has 0 aliphatic carbocycles. The molecule has 2 heterocycles. The zero-order chi connectivity index (χ0) is 17.2. The second-order valence-corrected chi connectivity index (χ2v) is 6.15. The van der Waals surface area contributed by atoms with Gasteiger partial charge in [-0.2, -0.15) is 5.10 Å². The standard InChI is InChI=1S/C17H30N6O.HI/c1-3-18-17(19-9-4-7-15-13-21-22(2)14-15)20-10-6-12-23-11-5-8-16(23)24;/h13-14H,3-12H2,1-2H3,(H2,18,19,20);1H. The molecule has 0 atom stereocenters. The molecule has 0 bridgehead atoms. The molecule has 1 aromatic heterocycles. The molecular formula is C17H31IN6O. The number of carbonyl (C=O) groups is 1. The van der Waals surface area contributed by atoms with Crippen LogP contribution < -0.4 is 10.6 Å². The molecule has 8 heteroatoms. The number of aromatic nitrogens is 2. The molecular weight excluding hydrogens is 431 g/mol. The number of halogens is 1. The van der Waals surface area contributed by atoms with Crippen LogP contribution in [-0.2, 0) is 18.3 Å². The van der Waals surface area contributed by atoms with Crippen LogP contribution in [0.25, 0.3) is 0 Å². The molecule has 2 rings (SSSR count). The summed E-state index contributed by atoms with van der Waals surface area (Å²) in [5.74, 6) is 1.15. The van der Waals surface area contributed by atoms with Gasteiger partial charge in [-0.25, -0.2) is 0 Å². The van der Waals surface area contributed by atoms with Crippen LogP contribution in [0.4, 0.5) is 0 Å². The third-order valence-electron chi connectivity index (χ3n) is 4.06. The Balaban J connectivity index is 0.00000312. The summed E-state index contributed by atoms with van der Waals surface area (Å²) in [6, 6.07) is 0. The second kappa shape index (κ2) is 12.1. The molecule has 142 valence electrons. The molecule has 0 spiro atoms. The number of carbonyl (C=O) groups excluding carboxylic acids is 1. The van der Waals surface area contributed by atoms with Crippen LogP contribution in [0, 0.1) is 0 Å². The Hall–Kier alpha value is -1.32. The number of hydrogen-bond donors (Lipinski definition) is 2. The maximum Gasteiger partial charge on any atom is 0.222 e. The maximum atomic E-state index is 11.6. The molecule has 0 aromatic carbocycles. The average molecular weight is 462 g/mol. The summed E-state index contributed by atoms with van der Waals surface area (Å²) in [6.07, 6.45) is 8.65. The van der Waals surface area contributed by atoms with Crippen molar-refractivity contribution in [1.82, 2.24) is 25.3 Å². The smallest absolute Gasteiger partial charge is 0.222 e. The fourth-order valence-electron chi connectivity index (χ4n) is 2.83. The summed E-state index contributed by atoms with van der Waals surface area (Å²) in [7, 11) is 1.94. The van der Waals surface area contributed by atoms with Crippen LogP contribution in [0.3, 0.4) is 0 Å². The van der Waals surface area contributed by atoms with E-state index >= 15 is 0 Å². The average Bonchev–Trinajstić information content (AvgIpc) is 3.16. The van der Waals surface area contributed by atoms with Crippen LogP contribution in [0.2, 0.25) is 0 Å². The number of guanidine groups is 1. The molecule has 2 N–H and O–H groups in total. The van der Waals surface area contributed by atoms with Gasteiger partial charge in [0.15, 0.2) is 5.96 Å². The van der Waals surface area contributed by atoms with E-state index in [2.05, 4.69) is 33.8 Å². The summed E-state index contributed by atoms with van der Waals surface area (Å²) < 4.78 is 1.83. The number of nitrogens with zero attached hydrogens (tertiary/aromatic N) is 4. The van der Waals surface area contributed by atoms with E-state index < -0.39 is 0 Å². The first-order valence-electron chi connectivity index (χ1n) is 8.96. The van der Waals surface area contributed by atoms with E-state index in [0.29, 0.717) is 12.3 Å². The highest BCUT2D eigenvalue weighted by molar-refractivity contribution is 14.0. The SMILES string of the molecule is CCNC(=NCCCN1CCCC1=O)NCCCc1cnn(C)c1.I. The molecule has 1 aromatic rings. The highest BCUT2D eigenvalue weighted by atomic mass is 127. The minimum atomic E-state index is 0. The highest BCUT2D eigenvalue weighted by Gasteiger charge is 2.18. The molecule has 1 aliphatic heterocycles. The third kappa shape index (κ3) is 8.06. The lowest BCUT2D eigenvalue weighted by Gasteiger charge is -2.15. The van der Waals surface area contributed by atoms with Crippen molar-refractivity contribution in [1.29, 1.82) is 0 Å². The summed E-state index contributed by atoms with van der Waals surface area (Å²) >= 11 is 0. The van der Waals surface area contributed by atoms with Gasteiger partial charge in [0, 0.05) is 52.4 Å². The van der Waals surface area contributed by atoms with Gasteiger partial charge >= 0.3 is 0 Å². The van der Waals surface area contributed by atoms with E-state index in [0.717, 1.165) is 64.4 Å². The fraction of sp³-hybridized carbons (Fsp3) is 0.706. The van der Waals surface area contributed by atoms with Gasteiger partial charge in [-0.15, -0.1) is 24.0 Å². The van der Waals surface area contributed by atoms with Gasteiger partial charge < -0.3 is 15.5 Å². The van der Waals surface area contributed by atoms with Gasteiger partial charge in [-0.1, -0.05) is 0 Å². The van der Waals surface area contributed by atoms with Crippen molar-refractivity contribution in [3.63, 3.8) is 0 Å². The van der Waals surface area contributed by atoms with E-state index in [4.69, 9.17) is 0 Å². The van der Waals surface area contributed by atoms with E-state index in [-0.39, 0.29) is 24.0 Å². The molecule has 1 fully saturated rings. The molecule has 1 saturated heterocycles. The monoisotopic (exact) mass is 462 g/mol. The fourth-order valence-corrected chi connectivity index (χ4v) is 2.83. The van der Waals surface area contributed by atoms with E-state index in [1.165, 1.54) is 5.56 Å². The zero-order valence-corrected chi connectivity index (χ0v) is 17.7. The Morgan fingerprint density at radius 2 is 2.20 bits per heavy atom. The molecule has 0 saturated carbocycles. The van der Waals surface area contributed by atoms with Crippen LogP contribution >= 0.6 is 24.0 Å². The van der Waals surface area contributed by atoms with Gasteiger partial charge in [0.2, 0.25) is 5.91 Å². The van der Waals surface area contributed by atoms with Crippen molar-refractivity contribution < 1.29 is 4.79 Å². The number of aliphatic imine (C=N–C) groups is 1. The van der Waals surface area contributed by atoms with E-state index in [1.54, 1.807) is 0 Å². The van der Waals surface area contributed by atoms with E-state index in [1.807, 2.05) is 22.8 Å². The summed E-state index contributed by atoms with van der Waals surface area (Å²) in [5.41, 5.74) is 1.26. The van der Waals surface area contributed by atoms with Crippen molar-refractivity contribution in [2.75, 3.05) is 32.7 Å².